The van der Waals surface area contributed by atoms with Crippen LogP contribution in [0.15, 0.2) is 18.2 Å². The fraction of sp³-hybridized carbons (Fsp3) is 0.625. The van der Waals surface area contributed by atoms with Crippen molar-refractivity contribution >= 4 is 0 Å². The van der Waals surface area contributed by atoms with Gasteiger partial charge in [0.1, 0.15) is 5.82 Å². The largest absolute Gasteiger partial charge is 0.374 e. The van der Waals surface area contributed by atoms with Gasteiger partial charge < -0.3 is 10.5 Å². The van der Waals surface area contributed by atoms with Crippen LogP contribution in [0.4, 0.5) is 4.39 Å². The monoisotopic (exact) mass is 267 g/mol. The second-order valence-electron chi connectivity index (χ2n) is 5.09. The van der Waals surface area contributed by atoms with Gasteiger partial charge in [-0.25, -0.2) is 4.39 Å². The van der Waals surface area contributed by atoms with Crippen molar-refractivity contribution < 1.29 is 9.13 Å². The van der Waals surface area contributed by atoms with Crippen molar-refractivity contribution in [3.63, 3.8) is 0 Å². The van der Waals surface area contributed by atoms with Crippen LogP contribution in [0, 0.1) is 5.82 Å². The second kappa shape index (κ2) is 9.05. The molecule has 1 aromatic rings. The van der Waals surface area contributed by atoms with E-state index in [9.17, 15) is 4.39 Å². The molecular weight excluding hydrogens is 241 g/mol. The molecule has 19 heavy (non-hydrogen) atoms. The van der Waals surface area contributed by atoms with Crippen molar-refractivity contribution in [1.82, 2.24) is 0 Å². The Morgan fingerprint density at radius 3 is 2.68 bits per heavy atom. The molecule has 108 valence electrons. The van der Waals surface area contributed by atoms with Crippen molar-refractivity contribution in [2.24, 2.45) is 5.73 Å². The Morgan fingerprint density at radius 2 is 2.00 bits per heavy atom. The van der Waals surface area contributed by atoms with Gasteiger partial charge >= 0.3 is 0 Å². The minimum Gasteiger partial charge on any atom is -0.374 e. The van der Waals surface area contributed by atoms with Crippen LogP contribution in [-0.2, 0) is 17.9 Å². The van der Waals surface area contributed by atoms with Crippen LogP contribution in [-0.4, -0.2) is 6.10 Å². The average Bonchev–Trinajstić information content (AvgIpc) is 2.41. The molecule has 0 aliphatic carbocycles. The number of rotatable bonds is 9. The Balaban J connectivity index is 2.36. The summed E-state index contributed by atoms with van der Waals surface area (Å²) in [5, 5.41) is 0. The van der Waals surface area contributed by atoms with Crippen LogP contribution >= 0.6 is 0 Å². The van der Waals surface area contributed by atoms with Gasteiger partial charge in [-0.2, -0.15) is 0 Å². The van der Waals surface area contributed by atoms with Crippen LogP contribution < -0.4 is 5.73 Å². The molecule has 0 spiro atoms. The van der Waals surface area contributed by atoms with E-state index in [1.807, 2.05) is 0 Å². The van der Waals surface area contributed by atoms with Gasteiger partial charge in [0.25, 0.3) is 0 Å². The molecule has 2 nitrogen and oxygen atoms in total. The summed E-state index contributed by atoms with van der Waals surface area (Å²) >= 11 is 0. The number of hydrogen-bond acceptors (Lipinski definition) is 2. The molecule has 0 aliphatic heterocycles. The van der Waals surface area contributed by atoms with Crippen molar-refractivity contribution in [2.45, 2.75) is 65.2 Å². The van der Waals surface area contributed by atoms with Gasteiger partial charge in [0.05, 0.1) is 12.7 Å². The number of hydrogen-bond donors (Lipinski definition) is 1. The quantitative estimate of drug-likeness (QED) is 0.682. The zero-order valence-corrected chi connectivity index (χ0v) is 12.1. The van der Waals surface area contributed by atoms with E-state index in [-0.39, 0.29) is 11.9 Å². The molecule has 1 rings (SSSR count). The first-order chi connectivity index (χ1) is 9.17. The first-order valence-electron chi connectivity index (χ1n) is 7.26. The standard InChI is InChI=1S/C16H26FNO/c1-3-4-5-6-7-13(2)19-12-15-10-16(17)9-8-14(15)11-18/h8-10,13H,3-7,11-12,18H2,1-2H3. The third-order valence-corrected chi connectivity index (χ3v) is 3.38. The molecule has 0 aromatic heterocycles. The highest BCUT2D eigenvalue weighted by molar-refractivity contribution is 5.27. The van der Waals surface area contributed by atoms with Crippen molar-refractivity contribution in [3.8, 4) is 0 Å². The molecule has 2 N–H and O–H groups in total. The van der Waals surface area contributed by atoms with E-state index < -0.39 is 0 Å². The molecule has 0 bridgehead atoms. The average molecular weight is 267 g/mol. The topological polar surface area (TPSA) is 35.2 Å². The fourth-order valence-electron chi connectivity index (χ4n) is 2.10. The smallest absolute Gasteiger partial charge is 0.123 e. The third-order valence-electron chi connectivity index (χ3n) is 3.38. The maximum atomic E-state index is 13.2. The lowest BCUT2D eigenvalue weighted by Gasteiger charge is -2.15. The van der Waals surface area contributed by atoms with E-state index >= 15 is 0 Å². The Bertz CT molecular complexity index is 368. The van der Waals surface area contributed by atoms with E-state index in [4.69, 9.17) is 10.5 Å². The first kappa shape index (κ1) is 16.1. The highest BCUT2D eigenvalue weighted by Gasteiger charge is 2.07. The number of benzene rings is 1. The maximum absolute atomic E-state index is 13.2. The van der Waals surface area contributed by atoms with Crippen LogP contribution in [0.3, 0.4) is 0 Å². The predicted octanol–water partition coefficient (Wildman–Crippen LogP) is 4.16. The molecular formula is C16H26FNO. The zero-order valence-electron chi connectivity index (χ0n) is 12.1. The molecule has 0 amide bonds. The van der Waals surface area contributed by atoms with Gasteiger partial charge in [-0.15, -0.1) is 0 Å². The molecule has 1 unspecified atom stereocenters. The minimum absolute atomic E-state index is 0.214. The highest BCUT2D eigenvalue weighted by Crippen LogP contribution is 2.15. The second-order valence-corrected chi connectivity index (χ2v) is 5.09. The SMILES string of the molecule is CCCCCCC(C)OCc1cc(F)ccc1CN. The molecule has 1 atom stereocenters. The Morgan fingerprint density at radius 1 is 1.21 bits per heavy atom. The van der Waals surface area contributed by atoms with E-state index in [1.165, 1.54) is 37.8 Å². The predicted molar refractivity (Wildman–Crippen MR) is 77.3 cm³/mol. The van der Waals surface area contributed by atoms with Gasteiger partial charge in [-0.3, -0.25) is 0 Å². The lowest BCUT2D eigenvalue weighted by atomic mass is 10.1. The highest BCUT2D eigenvalue weighted by atomic mass is 19.1. The number of unbranched alkanes of at least 4 members (excludes halogenated alkanes) is 3. The molecule has 0 aliphatic rings. The van der Waals surface area contributed by atoms with Gasteiger partial charge in [0.2, 0.25) is 0 Å². The molecule has 1 aromatic carbocycles. The normalized spacial score (nSPS) is 12.6. The van der Waals surface area contributed by atoms with Crippen LogP contribution in [0.25, 0.3) is 0 Å². The third kappa shape index (κ3) is 6.17. The summed E-state index contributed by atoms with van der Waals surface area (Å²) in [4.78, 5) is 0. The first-order valence-corrected chi connectivity index (χ1v) is 7.26. The number of ether oxygens (including phenoxy) is 1. The Kier molecular flexibility index (Phi) is 7.68. The molecule has 0 saturated carbocycles. The number of halogens is 1. The summed E-state index contributed by atoms with van der Waals surface area (Å²) in [6.45, 7) is 5.15. The molecule has 0 heterocycles. The Hall–Kier alpha value is -0.930. The van der Waals surface area contributed by atoms with E-state index in [2.05, 4.69) is 13.8 Å². The minimum atomic E-state index is -0.230. The van der Waals surface area contributed by atoms with E-state index in [0.29, 0.717) is 13.2 Å². The summed E-state index contributed by atoms with van der Waals surface area (Å²) in [5.74, 6) is -0.230. The summed E-state index contributed by atoms with van der Waals surface area (Å²) in [6.07, 6.45) is 6.27. The Labute approximate surface area is 116 Å². The lowest BCUT2D eigenvalue weighted by Crippen LogP contribution is -2.10. The summed E-state index contributed by atoms with van der Waals surface area (Å²) in [5.41, 5.74) is 7.46. The van der Waals surface area contributed by atoms with Crippen LogP contribution in [0.2, 0.25) is 0 Å². The zero-order chi connectivity index (χ0) is 14.1. The van der Waals surface area contributed by atoms with Crippen molar-refractivity contribution in [2.75, 3.05) is 0 Å². The summed E-state index contributed by atoms with van der Waals surface area (Å²) in [6, 6.07) is 4.70. The van der Waals surface area contributed by atoms with Crippen LogP contribution in [0.5, 0.6) is 0 Å². The van der Waals surface area contributed by atoms with Gasteiger partial charge in [0.15, 0.2) is 0 Å². The van der Waals surface area contributed by atoms with E-state index in [0.717, 1.165) is 17.5 Å². The van der Waals surface area contributed by atoms with Gasteiger partial charge in [-0.1, -0.05) is 38.7 Å². The molecule has 0 fully saturated rings. The summed E-state index contributed by atoms with van der Waals surface area (Å²) < 4.78 is 19.0. The van der Waals surface area contributed by atoms with Gasteiger partial charge in [0, 0.05) is 6.54 Å². The molecule has 0 saturated heterocycles. The van der Waals surface area contributed by atoms with Gasteiger partial charge in [-0.05, 0) is 36.6 Å². The lowest BCUT2D eigenvalue weighted by molar-refractivity contribution is 0.0454. The van der Waals surface area contributed by atoms with Crippen LogP contribution in [0.1, 0.15) is 57.1 Å². The maximum Gasteiger partial charge on any atom is 0.123 e. The number of nitrogens with two attached hydrogens (primary N) is 1. The van der Waals surface area contributed by atoms with Crippen molar-refractivity contribution in [3.05, 3.63) is 35.1 Å². The fourth-order valence-corrected chi connectivity index (χ4v) is 2.10. The van der Waals surface area contributed by atoms with Crippen molar-refractivity contribution in [1.29, 1.82) is 0 Å². The molecule has 3 heteroatoms. The summed E-state index contributed by atoms with van der Waals surface area (Å²) in [7, 11) is 0. The molecule has 0 radical (unpaired) electrons. The van der Waals surface area contributed by atoms with E-state index in [1.54, 1.807) is 6.07 Å².